The second-order valence-corrected chi connectivity index (χ2v) is 3.02. The van der Waals surface area contributed by atoms with Gasteiger partial charge in [0.15, 0.2) is 0 Å². The molecule has 1 nitrogen and oxygen atoms in total. The average molecular weight is 221 g/mol. The highest BCUT2D eigenvalue weighted by atomic mass is 14.8. The van der Waals surface area contributed by atoms with E-state index in [1.54, 1.807) is 0 Å². The third-order valence-corrected chi connectivity index (χ3v) is 1.88. The molecule has 0 aliphatic heterocycles. The first-order chi connectivity index (χ1) is 7.93. The molecule has 92 valence electrons. The molecule has 0 aliphatic carbocycles. The third-order valence-electron chi connectivity index (χ3n) is 1.88. The van der Waals surface area contributed by atoms with Crippen molar-refractivity contribution in [3.63, 3.8) is 0 Å². The Bertz CT molecular complexity index is 206. The lowest BCUT2D eigenvalue weighted by atomic mass is 10.2. The Hall–Kier alpha value is -1.08. The van der Waals surface area contributed by atoms with Gasteiger partial charge < -0.3 is 5.32 Å². The van der Waals surface area contributed by atoms with Crippen molar-refractivity contribution in [2.45, 2.75) is 40.2 Å². The number of hydrogen-bond donors (Lipinski definition) is 1. The molecular formula is C15H27N. The summed E-state index contributed by atoms with van der Waals surface area (Å²) in [7, 11) is 0. The van der Waals surface area contributed by atoms with Crippen LogP contribution in [-0.2, 0) is 6.54 Å². The van der Waals surface area contributed by atoms with Gasteiger partial charge in [-0.2, -0.15) is 0 Å². The van der Waals surface area contributed by atoms with Gasteiger partial charge in [-0.15, -0.1) is 13.2 Å². The quantitative estimate of drug-likeness (QED) is 0.574. The first kappa shape index (κ1) is 17.3. The minimum absolute atomic E-state index is 1.00. The Balaban J connectivity index is 0. The Labute approximate surface area is 102 Å². The maximum absolute atomic E-state index is 3.40. The van der Waals surface area contributed by atoms with Crippen LogP contribution in [0.4, 0.5) is 0 Å². The van der Waals surface area contributed by atoms with Crippen molar-refractivity contribution in [2.75, 3.05) is 6.54 Å². The van der Waals surface area contributed by atoms with Crippen molar-refractivity contribution < 1.29 is 0 Å². The van der Waals surface area contributed by atoms with E-state index in [-0.39, 0.29) is 0 Å². The van der Waals surface area contributed by atoms with Crippen LogP contribution >= 0.6 is 0 Å². The van der Waals surface area contributed by atoms with E-state index >= 15 is 0 Å². The monoisotopic (exact) mass is 221 g/mol. The zero-order valence-electron chi connectivity index (χ0n) is 11.1. The van der Waals surface area contributed by atoms with Crippen LogP contribution in [0, 0.1) is 0 Å². The topological polar surface area (TPSA) is 12.0 Å². The van der Waals surface area contributed by atoms with Gasteiger partial charge in [0.25, 0.3) is 0 Å². The van der Waals surface area contributed by atoms with Crippen molar-refractivity contribution in [2.24, 2.45) is 0 Å². The van der Waals surface area contributed by atoms with Crippen molar-refractivity contribution in [3.8, 4) is 0 Å². The van der Waals surface area contributed by atoms with E-state index in [4.69, 9.17) is 0 Å². The summed E-state index contributed by atoms with van der Waals surface area (Å²) in [6.07, 6.45) is 2.54. The molecule has 0 amide bonds. The van der Waals surface area contributed by atoms with Crippen LogP contribution in [-0.4, -0.2) is 6.54 Å². The van der Waals surface area contributed by atoms with Gasteiger partial charge in [0.05, 0.1) is 0 Å². The highest BCUT2D eigenvalue weighted by Crippen LogP contribution is 1.97. The first-order valence-corrected chi connectivity index (χ1v) is 6.18. The fourth-order valence-corrected chi connectivity index (χ4v) is 1.13. The maximum Gasteiger partial charge on any atom is 0.0205 e. The molecule has 1 aromatic rings. The van der Waals surface area contributed by atoms with Crippen LogP contribution in [0.2, 0.25) is 0 Å². The molecule has 0 saturated carbocycles. The van der Waals surface area contributed by atoms with Crippen LogP contribution in [0.15, 0.2) is 43.5 Å². The Kier molecular flexibility index (Phi) is 17.7. The van der Waals surface area contributed by atoms with Gasteiger partial charge >= 0.3 is 0 Å². The third kappa shape index (κ3) is 11.0. The van der Waals surface area contributed by atoms with Crippen molar-refractivity contribution in [1.82, 2.24) is 5.32 Å². The lowest BCUT2D eigenvalue weighted by Crippen LogP contribution is -2.14. The molecule has 0 fully saturated rings. The summed E-state index contributed by atoms with van der Waals surface area (Å²) in [6.45, 7) is 14.3. The molecule has 0 radical (unpaired) electrons. The molecule has 1 heteroatoms. The highest BCUT2D eigenvalue weighted by Gasteiger charge is 1.88. The summed E-state index contributed by atoms with van der Waals surface area (Å²) in [4.78, 5) is 0. The SMILES string of the molecule is C=C.CC.CCCCNCc1ccccc1. The molecule has 0 aromatic heterocycles. The molecule has 0 atom stereocenters. The minimum atomic E-state index is 1.00. The second kappa shape index (κ2) is 16.4. The predicted molar refractivity (Wildman–Crippen MR) is 75.7 cm³/mol. The lowest BCUT2D eigenvalue weighted by molar-refractivity contribution is 0.641. The van der Waals surface area contributed by atoms with E-state index in [0.717, 1.165) is 13.1 Å². The van der Waals surface area contributed by atoms with E-state index in [9.17, 15) is 0 Å². The molecule has 0 aliphatic rings. The molecule has 1 rings (SSSR count). The maximum atomic E-state index is 3.40. The van der Waals surface area contributed by atoms with Gasteiger partial charge in [-0.05, 0) is 18.5 Å². The van der Waals surface area contributed by atoms with Gasteiger partial charge in [-0.1, -0.05) is 57.5 Å². The standard InChI is InChI=1S/C11H17N.C2H6.C2H4/c1-2-3-9-12-10-11-7-5-4-6-8-11;2*1-2/h4-8,12H,2-3,9-10H2,1H3;1-2H3;1-2H2. The van der Waals surface area contributed by atoms with Crippen LogP contribution < -0.4 is 5.32 Å². The second-order valence-electron chi connectivity index (χ2n) is 3.02. The molecular weight excluding hydrogens is 194 g/mol. The van der Waals surface area contributed by atoms with Crippen LogP contribution in [0.3, 0.4) is 0 Å². The van der Waals surface area contributed by atoms with Crippen LogP contribution in [0.25, 0.3) is 0 Å². The molecule has 0 bridgehead atoms. The molecule has 1 N–H and O–H groups in total. The number of unbranched alkanes of at least 4 members (excludes halogenated alkanes) is 1. The van der Waals surface area contributed by atoms with E-state index < -0.39 is 0 Å². The molecule has 16 heavy (non-hydrogen) atoms. The summed E-state index contributed by atoms with van der Waals surface area (Å²) in [5.74, 6) is 0. The van der Waals surface area contributed by atoms with Crippen molar-refractivity contribution in [1.29, 1.82) is 0 Å². The average Bonchev–Trinajstić information content (AvgIpc) is 2.41. The van der Waals surface area contributed by atoms with E-state index in [2.05, 4.69) is 55.7 Å². The molecule has 0 saturated heterocycles. The smallest absolute Gasteiger partial charge is 0.0205 e. The Morgan fingerprint density at radius 3 is 2.12 bits per heavy atom. The normalized spacial score (nSPS) is 8.19. The molecule has 0 heterocycles. The first-order valence-electron chi connectivity index (χ1n) is 6.18. The summed E-state index contributed by atoms with van der Waals surface area (Å²) in [5, 5.41) is 3.40. The Morgan fingerprint density at radius 1 is 1.06 bits per heavy atom. The van der Waals surface area contributed by atoms with Crippen LogP contribution in [0.5, 0.6) is 0 Å². The number of benzene rings is 1. The summed E-state index contributed by atoms with van der Waals surface area (Å²) in [6, 6.07) is 10.5. The summed E-state index contributed by atoms with van der Waals surface area (Å²) < 4.78 is 0. The van der Waals surface area contributed by atoms with Crippen LogP contribution in [0.1, 0.15) is 39.2 Å². The van der Waals surface area contributed by atoms with E-state index in [1.807, 2.05) is 13.8 Å². The van der Waals surface area contributed by atoms with Gasteiger partial charge in [0.1, 0.15) is 0 Å². The Morgan fingerprint density at radius 2 is 1.62 bits per heavy atom. The van der Waals surface area contributed by atoms with Crippen molar-refractivity contribution >= 4 is 0 Å². The molecule has 0 unspecified atom stereocenters. The molecule has 0 spiro atoms. The van der Waals surface area contributed by atoms with Gasteiger partial charge in [0.2, 0.25) is 0 Å². The molecule has 1 aromatic carbocycles. The summed E-state index contributed by atoms with van der Waals surface area (Å²) >= 11 is 0. The highest BCUT2D eigenvalue weighted by molar-refractivity contribution is 5.14. The zero-order chi connectivity index (χ0) is 12.6. The van der Waals surface area contributed by atoms with Gasteiger partial charge in [-0.25, -0.2) is 0 Å². The fourth-order valence-electron chi connectivity index (χ4n) is 1.13. The van der Waals surface area contributed by atoms with E-state index in [0.29, 0.717) is 0 Å². The number of hydrogen-bond acceptors (Lipinski definition) is 1. The minimum Gasteiger partial charge on any atom is -0.313 e. The summed E-state index contributed by atoms with van der Waals surface area (Å²) in [5.41, 5.74) is 1.37. The largest absolute Gasteiger partial charge is 0.313 e. The number of rotatable bonds is 5. The number of nitrogens with one attached hydrogen (secondary N) is 1. The van der Waals surface area contributed by atoms with Crippen molar-refractivity contribution in [3.05, 3.63) is 49.1 Å². The zero-order valence-corrected chi connectivity index (χ0v) is 11.1. The van der Waals surface area contributed by atoms with Gasteiger partial charge in [0, 0.05) is 6.54 Å². The predicted octanol–water partition coefficient (Wildman–Crippen LogP) is 4.40. The fraction of sp³-hybridized carbons (Fsp3) is 0.467. The van der Waals surface area contributed by atoms with Gasteiger partial charge in [-0.3, -0.25) is 0 Å². The lowest BCUT2D eigenvalue weighted by Gasteiger charge is -2.02. The van der Waals surface area contributed by atoms with E-state index in [1.165, 1.54) is 18.4 Å².